The van der Waals surface area contributed by atoms with E-state index >= 15 is 0 Å². The van der Waals surface area contributed by atoms with Crippen molar-refractivity contribution in [3.05, 3.63) is 6.54 Å². The van der Waals surface area contributed by atoms with Crippen LogP contribution >= 0.6 is 11.6 Å². The van der Waals surface area contributed by atoms with Crippen LogP contribution in [0.5, 0.6) is 0 Å². The molecule has 1 atom stereocenters. The van der Waals surface area contributed by atoms with Crippen molar-refractivity contribution in [1.82, 2.24) is 4.90 Å². The highest BCUT2D eigenvalue weighted by molar-refractivity contribution is 6.22. The molecule has 1 unspecified atom stereocenters. The van der Waals surface area contributed by atoms with Crippen molar-refractivity contribution >= 4 is 17.9 Å². The van der Waals surface area contributed by atoms with E-state index in [9.17, 15) is 13.2 Å². The normalized spacial score (nSPS) is 24.7. The Morgan fingerprint density at radius 3 is 2.55 bits per heavy atom. The molecule has 0 spiro atoms. The first-order valence-corrected chi connectivity index (χ1v) is 3.11. The second-order valence-corrected chi connectivity index (χ2v) is 2.31. The van der Waals surface area contributed by atoms with Crippen molar-refractivity contribution in [1.29, 1.82) is 0 Å². The Kier molecular flexibility index (Phi) is 2.27. The van der Waals surface area contributed by atoms with Gasteiger partial charge in [-0.25, -0.2) is 4.99 Å². The van der Waals surface area contributed by atoms with Gasteiger partial charge in [-0.15, -0.1) is 0 Å². The Morgan fingerprint density at radius 2 is 2.18 bits per heavy atom. The van der Waals surface area contributed by atoms with Crippen molar-refractivity contribution < 1.29 is 13.2 Å². The van der Waals surface area contributed by atoms with Gasteiger partial charge in [0.2, 0.25) is 0 Å². The zero-order chi connectivity index (χ0) is 8.48. The van der Waals surface area contributed by atoms with Crippen molar-refractivity contribution in [3.63, 3.8) is 0 Å². The molecule has 6 heteroatoms. The number of aliphatic imine (C=N–C) groups is 1. The van der Waals surface area contributed by atoms with Crippen molar-refractivity contribution in [2.45, 2.75) is 11.7 Å². The maximum atomic E-state index is 11.6. The van der Waals surface area contributed by atoms with Crippen molar-refractivity contribution in [3.8, 4) is 0 Å². The van der Waals surface area contributed by atoms with Crippen LogP contribution in [0.1, 0.15) is 0 Å². The number of hydrogen-bond donors (Lipinski definition) is 0. The van der Waals surface area contributed by atoms with Crippen molar-refractivity contribution in [2.24, 2.45) is 4.99 Å². The Hall–Kier alpha value is -0.450. The molecular formula is C5H3ClF3N2. The second kappa shape index (κ2) is 2.89. The monoisotopic (exact) mass is 183 g/mol. The van der Waals surface area contributed by atoms with Gasteiger partial charge in [-0.2, -0.15) is 13.2 Å². The Labute approximate surface area is 66.6 Å². The molecule has 1 aliphatic rings. The molecule has 1 heterocycles. The van der Waals surface area contributed by atoms with Gasteiger partial charge in [-0.1, -0.05) is 11.6 Å². The molecule has 0 aromatic rings. The van der Waals surface area contributed by atoms with Crippen LogP contribution in [-0.4, -0.2) is 29.5 Å². The molecule has 0 saturated heterocycles. The van der Waals surface area contributed by atoms with Crippen LogP contribution in [0.2, 0.25) is 0 Å². The SMILES string of the molecule is FC(F)(F)CN1[C]C(Cl)N=[C]1. The highest BCUT2D eigenvalue weighted by atomic mass is 35.5. The molecular weight excluding hydrogens is 181 g/mol. The Bertz CT molecular complexity index is 168. The fourth-order valence-electron chi connectivity index (χ4n) is 0.567. The second-order valence-electron chi connectivity index (χ2n) is 1.90. The molecule has 0 aliphatic carbocycles. The van der Waals surface area contributed by atoms with Gasteiger partial charge in [0.1, 0.15) is 13.1 Å². The van der Waals surface area contributed by atoms with E-state index in [2.05, 4.69) is 17.9 Å². The number of hydrogen-bond acceptors (Lipinski definition) is 2. The molecule has 0 fully saturated rings. The average molecular weight is 184 g/mol. The molecule has 0 aromatic heterocycles. The summed E-state index contributed by atoms with van der Waals surface area (Å²) in [5, 5.41) is 0. The fourth-order valence-corrected chi connectivity index (χ4v) is 0.728. The van der Waals surface area contributed by atoms with Gasteiger partial charge in [0, 0.05) is 0 Å². The maximum Gasteiger partial charge on any atom is 0.406 e. The average Bonchev–Trinajstić information content (AvgIpc) is 2.10. The van der Waals surface area contributed by atoms with Crippen LogP contribution in [-0.2, 0) is 0 Å². The minimum absolute atomic E-state index is 0.664. The molecule has 3 radical (unpaired) electrons. The van der Waals surface area contributed by atoms with Crippen LogP contribution < -0.4 is 0 Å². The van der Waals surface area contributed by atoms with E-state index in [0.29, 0.717) is 4.90 Å². The summed E-state index contributed by atoms with van der Waals surface area (Å²) in [6.07, 6.45) is -2.21. The van der Waals surface area contributed by atoms with Crippen LogP contribution in [0.25, 0.3) is 0 Å². The first kappa shape index (κ1) is 8.64. The predicted molar refractivity (Wildman–Crippen MR) is 33.1 cm³/mol. The van der Waals surface area contributed by atoms with Gasteiger partial charge in [-0.05, 0) is 0 Å². The molecule has 0 bridgehead atoms. The predicted octanol–water partition coefficient (Wildman–Crippen LogP) is 1.37. The van der Waals surface area contributed by atoms with Crippen LogP contribution in [0, 0.1) is 6.54 Å². The first-order chi connectivity index (χ1) is 4.97. The number of halogens is 4. The Balaban J connectivity index is 2.36. The standard InChI is InChI=1S/C5H3ClF3N2/c6-4-1-11(3-10-4)2-5(7,8)9/h4H,2H2. The topological polar surface area (TPSA) is 15.6 Å². The third kappa shape index (κ3) is 2.96. The maximum absolute atomic E-state index is 11.6. The molecule has 0 aromatic carbocycles. The van der Waals surface area contributed by atoms with E-state index in [-0.39, 0.29) is 0 Å². The van der Waals surface area contributed by atoms with E-state index in [1.54, 1.807) is 0 Å². The first-order valence-electron chi connectivity index (χ1n) is 2.67. The van der Waals surface area contributed by atoms with Crippen molar-refractivity contribution in [2.75, 3.05) is 6.54 Å². The molecule has 0 saturated carbocycles. The summed E-state index contributed by atoms with van der Waals surface area (Å²) in [5.74, 6) is 0. The smallest absolute Gasteiger partial charge is 0.330 e. The van der Waals surface area contributed by atoms with Crippen LogP contribution in [0.4, 0.5) is 13.2 Å². The molecule has 0 N–H and O–H groups in total. The number of rotatable bonds is 1. The van der Waals surface area contributed by atoms with Gasteiger partial charge >= 0.3 is 6.18 Å². The third-order valence-electron chi connectivity index (χ3n) is 0.892. The van der Waals surface area contributed by atoms with E-state index in [1.165, 1.54) is 0 Å². The van der Waals surface area contributed by atoms with E-state index in [1.807, 2.05) is 0 Å². The van der Waals surface area contributed by atoms with Gasteiger partial charge in [-0.3, -0.25) is 0 Å². The lowest BCUT2D eigenvalue weighted by Crippen LogP contribution is -2.29. The highest BCUT2D eigenvalue weighted by Gasteiger charge is 2.33. The summed E-state index contributed by atoms with van der Waals surface area (Å²) >= 11 is 5.29. The minimum Gasteiger partial charge on any atom is -0.330 e. The van der Waals surface area contributed by atoms with E-state index in [0.717, 1.165) is 0 Å². The van der Waals surface area contributed by atoms with Gasteiger partial charge in [0.15, 0.2) is 11.8 Å². The molecule has 0 amide bonds. The van der Waals surface area contributed by atoms with Gasteiger partial charge in [0.25, 0.3) is 0 Å². The lowest BCUT2D eigenvalue weighted by molar-refractivity contribution is -0.134. The largest absolute Gasteiger partial charge is 0.406 e. The lowest BCUT2D eigenvalue weighted by atomic mass is 10.5. The third-order valence-corrected chi connectivity index (χ3v) is 1.09. The van der Waals surface area contributed by atoms with Gasteiger partial charge in [0.05, 0.1) is 0 Å². The lowest BCUT2D eigenvalue weighted by Gasteiger charge is -2.13. The number of nitrogens with zero attached hydrogens (tertiary/aromatic N) is 2. The molecule has 61 valence electrons. The minimum atomic E-state index is -4.27. The van der Waals surface area contributed by atoms with Gasteiger partial charge < -0.3 is 4.90 Å². The van der Waals surface area contributed by atoms with E-state index in [4.69, 9.17) is 11.6 Å². The summed E-state index contributed by atoms with van der Waals surface area (Å²) in [4.78, 5) is 4.00. The van der Waals surface area contributed by atoms with Crippen LogP contribution in [0.15, 0.2) is 4.99 Å². The van der Waals surface area contributed by atoms with Crippen LogP contribution in [0.3, 0.4) is 0 Å². The molecule has 11 heavy (non-hydrogen) atoms. The summed E-state index contributed by atoms with van der Waals surface area (Å²) in [6.45, 7) is 1.07. The number of alkyl halides is 4. The highest BCUT2D eigenvalue weighted by Crippen LogP contribution is 2.20. The zero-order valence-electron chi connectivity index (χ0n) is 5.19. The molecule has 1 rings (SSSR count). The quantitative estimate of drug-likeness (QED) is 0.443. The molecule has 2 nitrogen and oxygen atoms in total. The zero-order valence-corrected chi connectivity index (χ0v) is 5.95. The van der Waals surface area contributed by atoms with E-state index < -0.39 is 18.2 Å². The summed E-state index contributed by atoms with van der Waals surface area (Å²) in [5.41, 5.74) is -0.836. The molecule has 1 aliphatic heterocycles. The Morgan fingerprint density at radius 1 is 1.55 bits per heavy atom. The summed E-state index contributed by atoms with van der Waals surface area (Å²) in [7, 11) is 0. The fraction of sp³-hybridized carbons (Fsp3) is 0.600. The summed E-state index contributed by atoms with van der Waals surface area (Å²) in [6, 6.07) is 0. The summed E-state index contributed by atoms with van der Waals surface area (Å²) < 4.78 is 34.9.